The van der Waals surface area contributed by atoms with Gasteiger partial charge >= 0.3 is 0 Å². The highest BCUT2D eigenvalue weighted by Crippen LogP contribution is 2.24. The highest BCUT2D eigenvalue weighted by atomic mass is 79.9. The van der Waals surface area contributed by atoms with Crippen LogP contribution < -0.4 is 16.4 Å². The Morgan fingerprint density at radius 3 is 3.06 bits per heavy atom. The maximum atomic E-state index is 11.4. The van der Waals surface area contributed by atoms with E-state index in [1.54, 1.807) is 0 Å². The number of benzene rings is 1. The maximum Gasteiger partial charge on any atom is 0.251 e. The Morgan fingerprint density at radius 1 is 1.56 bits per heavy atom. The van der Waals surface area contributed by atoms with E-state index >= 15 is 0 Å². The molecule has 0 saturated carbocycles. The summed E-state index contributed by atoms with van der Waals surface area (Å²) < 4.78 is 0.735. The minimum Gasteiger partial charge on any atom is -0.384 e. The Balaban J connectivity index is 1.96. The third kappa shape index (κ3) is 3.23. The van der Waals surface area contributed by atoms with Crippen LogP contribution in [0.5, 0.6) is 0 Å². The van der Waals surface area contributed by atoms with Crippen LogP contribution >= 0.6 is 15.9 Å². The van der Waals surface area contributed by atoms with Gasteiger partial charge < -0.3 is 16.4 Å². The number of hydrogen-bond donors (Lipinski definition) is 3. The number of nitrogens with one attached hydrogen (secondary N) is 2. The Morgan fingerprint density at radius 2 is 2.39 bits per heavy atom. The summed E-state index contributed by atoms with van der Waals surface area (Å²) in [5, 5.41) is 6.74. The molecule has 4 N–H and O–H groups in total. The van der Waals surface area contributed by atoms with Crippen molar-refractivity contribution in [3.63, 3.8) is 0 Å². The van der Waals surface area contributed by atoms with Gasteiger partial charge in [-0.1, -0.05) is 6.07 Å². The molecule has 1 fully saturated rings. The zero-order chi connectivity index (χ0) is 13.0. The molecule has 2 rings (SSSR count). The van der Waals surface area contributed by atoms with Crippen molar-refractivity contribution in [2.24, 2.45) is 5.73 Å². The highest BCUT2D eigenvalue weighted by molar-refractivity contribution is 9.10. The van der Waals surface area contributed by atoms with E-state index in [4.69, 9.17) is 5.73 Å². The summed E-state index contributed by atoms with van der Waals surface area (Å²) in [6.45, 7) is 1.96. The second-order valence-corrected chi connectivity index (χ2v) is 5.39. The van der Waals surface area contributed by atoms with Crippen molar-refractivity contribution < 1.29 is 4.79 Å². The molecule has 0 aromatic heterocycles. The molecule has 1 atom stereocenters. The molecule has 1 heterocycles. The van der Waals surface area contributed by atoms with E-state index in [0.29, 0.717) is 11.6 Å². The zero-order valence-electron chi connectivity index (χ0n) is 10.2. The van der Waals surface area contributed by atoms with Crippen molar-refractivity contribution in [3.05, 3.63) is 28.2 Å². The average Bonchev–Trinajstić information content (AvgIpc) is 2.81. The number of carbonyl (C=O) groups is 1. The van der Waals surface area contributed by atoms with Crippen molar-refractivity contribution >= 4 is 27.5 Å². The summed E-state index contributed by atoms with van der Waals surface area (Å²) in [5.74, 6) is -0.413. The van der Waals surface area contributed by atoms with Gasteiger partial charge in [0.15, 0.2) is 0 Å². The van der Waals surface area contributed by atoms with Crippen LogP contribution in [-0.4, -0.2) is 25.0 Å². The van der Waals surface area contributed by atoms with E-state index in [-0.39, 0.29) is 0 Å². The number of anilines is 1. The first-order chi connectivity index (χ1) is 8.68. The van der Waals surface area contributed by atoms with Crippen LogP contribution in [0.4, 0.5) is 5.69 Å². The molecule has 1 aromatic carbocycles. The molecule has 98 valence electrons. The smallest absolute Gasteiger partial charge is 0.251 e. The van der Waals surface area contributed by atoms with Crippen LogP contribution in [0.2, 0.25) is 0 Å². The van der Waals surface area contributed by atoms with Gasteiger partial charge in [-0.25, -0.2) is 0 Å². The predicted molar refractivity (Wildman–Crippen MR) is 76.8 cm³/mol. The van der Waals surface area contributed by atoms with Crippen LogP contribution in [0.1, 0.15) is 29.6 Å². The molecule has 0 aliphatic carbocycles. The number of nitrogens with two attached hydrogens (primary N) is 1. The average molecular weight is 312 g/mol. The van der Waals surface area contributed by atoms with Gasteiger partial charge in [0.05, 0.1) is 5.56 Å². The monoisotopic (exact) mass is 311 g/mol. The van der Waals surface area contributed by atoms with Gasteiger partial charge in [0, 0.05) is 22.7 Å². The lowest BCUT2D eigenvalue weighted by Crippen LogP contribution is -2.24. The van der Waals surface area contributed by atoms with Crippen molar-refractivity contribution in [3.8, 4) is 0 Å². The molecule has 1 aliphatic heterocycles. The molecule has 0 bridgehead atoms. The second-order valence-electron chi connectivity index (χ2n) is 4.54. The third-order valence-electron chi connectivity index (χ3n) is 3.23. The molecule has 1 aliphatic rings. The quantitative estimate of drug-likeness (QED) is 0.780. The largest absolute Gasteiger partial charge is 0.384 e. The van der Waals surface area contributed by atoms with Crippen LogP contribution in [0.15, 0.2) is 22.7 Å². The molecule has 1 saturated heterocycles. The van der Waals surface area contributed by atoms with Gasteiger partial charge in [-0.05, 0) is 53.9 Å². The van der Waals surface area contributed by atoms with Crippen molar-refractivity contribution in [2.75, 3.05) is 18.4 Å². The first-order valence-corrected chi connectivity index (χ1v) is 7.03. The number of amides is 1. The third-order valence-corrected chi connectivity index (χ3v) is 3.89. The molecular formula is C13H18BrN3O. The SMILES string of the molecule is NC(=O)c1c(Br)cccc1NCC[C@@H]1CCCN1. The van der Waals surface area contributed by atoms with Gasteiger partial charge in [0.25, 0.3) is 5.91 Å². The molecule has 0 spiro atoms. The predicted octanol–water partition coefficient (Wildman–Crippen LogP) is 2.10. The van der Waals surface area contributed by atoms with Crippen LogP contribution in [0, 0.1) is 0 Å². The van der Waals surface area contributed by atoms with Crippen LogP contribution in [0.25, 0.3) is 0 Å². The summed E-state index contributed by atoms with van der Waals surface area (Å²) in [6.07, 6.45) is 3.56. The van der Waals surface area contributed by atoms with E-state index < -0.39 is 5.91 Å². The molecule has 0 radical (unpaired) electrons. The fraction of sp³-hybridized carbons (Fsp3) is 0.462. The molecule has 1 aromatic rings. The maximum absolute atomic E-state index is 11.4. The van der Waals surface area contributed by atoms with Crippen molar-refractivity contribution in [1.82, 2.24) is 5.32 Å². The summed E-state index contributed by atoms with van der Waals surface area (Å²) >= 11 is 3.35. The normalized spacial score (nSPS) is 18.8. The van der Waals surface area contributed by atoms with E-state index in [1.165, 1.54) is 12.8 Å². The Hall–Kier alpha value is -1.07. The Labute approximate surface area is 115 Å². The molecular weight excluding hydrogens is 294 g/mol. The summed E-state index contributed by atoms with van der Waals surface area (Å²) in [6, 6.07) is 6.20. The zero-order valence-corrected chi connectivity index (χ0v) is 11.8. The number of hydrogen-bond acceptors (Lipinski definition) is 3. The van der Waals surface area contributed by atoms with Crippen molar-refractivity contribution in [1.29, 1.82) is 0 Å². The topological polar surface area (TPSA) is 67.2 Å². The number of primary amides is 1. The summed E-state index contributed by atoms with van der Waals surface area (Å²) in [7, 11) is 0. The highest BCUT2D eigenvalue weighted by Gasteiger charge is 2.15. The van der Waals surface area contributed by atoms with Crippen molar-refractivity contribution in [2.45, 2.75) is 25.3 Å². The lowest BCUT2D eigenvalue weighted by atomic mass is 10.1. The molecule has 4 nitrogen and oxygen atoms in total. The molecule has 1 amide bonds. The fourth-order valence-electron chi connectivity index (χ4n) is 2.31. The van der Waals surface area contributed by atoms with E-state index in [2.05, 4.69) is 26.6 Å². The molecule has 0 unspecified atom stereocenters. The van der Waals surface area contributed by atoms with Crippen LogP contribution in [0.3, 0.4) is 0 Å². The van der Waals surface area contributed by atoms with E-state index in [0.717, 1.165) is 29.7 Å². The summed E-state index contributed by atoms with van der Waals surface area (Å²) in [5.41, 5.74) is 6.71. The van der Waals surface area contributed by atoms with E-state index in [1.807, 2.05) is 18.2 Å². The fourth-order valence-corrected chi connectivity index (χ4v) is 2.87. The van der Waals surface area contributed by atoms with Gasteiger partial charge in [-0.2, -0.15) is 0 Å². The molecule has 18 heavy (non-hydrogen) atoms. The van der Waals surface area contributed by atoms with Gasteiger partial charge in [0.2, 0.25) is 0 Å². The van der Waals surface area contributed by atoms with Crippen LogP contribution in [-0.2, 0) is 0 Å². The van der Waals surface area contributed by atoms with Gasteiger partial charge in [-0.15, -0.1) is 0 Å². The second kappa shape index (κ2) is 6.20. The number of rotatable bonds is 5. The van der Waals surface area contributed by atoms with E-state index in [9.17, 15) is 4.79 Å². The summed E-state index contributed by atoms with van der Waals surface area (Å²) in [4.78, 5) is 11.4. The molecule has 5 heteroatoms. The standard InChI is InChI=1S/C13H18BrN3O/c14-10-4-1-5-11(12(10)13(15)18)17-8-6-9-3-2-7-16-9/h1,4-5,9,16-17H,2-3,6-8H2,(H2,15,18)/t9-/m0/s1. The minimum absolute atomic E-state index is 0.413. The number of carbonyl (C=O) groups excluding carboxylic acids is 1. The minimum atomic E-state index is -0.413. The lowest BCUT2D eigenvalue weighted by Gasteiger charge is -2.14. The Bertz CT molecular complexity index is 430. The van der Waals surface area contributed by atoms with Gasteiger partial charge in [0.1, 0.15) is 0 Å². The van der Waals surface area contributed by atoms with Gasteiger partial charge in [-0.3, -0.25) is 4.79 Å². The first kappa shape index (κ1) is 13.4. The number of halogens is 1. The lowest BCUT2D eigenvalue weighted by molar-refractivity contribution is 0.100. The Kier molecular flexibility index (Phi) is 4.60. The first-order valence-electron chi connectivity index (χ1n) is 6.24.